The van der Waals surface area contributed by atoms with E-state index in [9.17, 15) is 22.8 Å². The van der Waals surface area contributed by atoms with Crippen LogP contribution in [-0.4, -0.2) is 31.6 Å². The predicted octanol–water partition coefficient (Wildman–Crippen LogP) is 7.81. The number of rotatable bonds is 10. The van der Waals surface area contributed by atoms with Gasteiger partial charge in [-0.05, 0) is 90.8 Å². The van der Waals surface area contributed by atoms with Crippen molar-refractivity contribution in [3.05, 3.63) is 82.8 Å². The molecule has 4 aromatic rings. The Morgan fingerprint density at radius 1 is 0.950 bits per heavy atom. The average molecular weight is 552 g/mol. The molecule has 2 aromatic heterocycles. The van der Waals surface area contributed by atoms with Crippen molar-refractivity contribution in [3.63, 3.8) is 0 Å². The maximum atomic E-state index is 13.2. The third-order valence-corrected chi connectivity index (χ3v) is 7.03. The Bertz CT molecular complexity index is 1540. The van der Waals surface area contributed by atoms with Gasteiger partial charge in [0.25, 0.3) is 0 Å². The van der Waals surface area contributed by atoms with E-state index in [0.29, 0.717) is 17.2 Å². The number of ketones is 1. The number of pyridine rings is 1. The molecule has 4 rings (SSSR count). The number of aliphatic carboxylic acids is 1. The van der Waals surface area contributed by atoms with Crippen LogP contribution in [-0.2, 0) is 11.0 Å². The molecular weight excluding hydrogens is 519 g/mol. The summed E-state index contributed by atoms with van der Waals surface area (Å²) >= 11 is 0. The molecule has 2 heterocycles. The van der Waals surface area contributed by atoms with Crippen LogP contribution in [0.4, 0.5) is 13.2 Å². The summed E-state index contributed by atoms with van der Waals surface area (Å²) in [5.74, 6) is -0.799. The quantitative estimate of drug-likeness (QED) is 0.203. The molecule has 1 atom stereocenters. The number of alkyl halides is 3. The van der Waals surface area contributed by atoms with Gasteiger partial charge in [0, 0.05) is 24.4 Å². The summed E-state index contributed by atoms with van der Waals surface area (Å²) in [6, 6.07) is 11.2. The molecule has 0 spiro atoms. The van der Waals surface area contributed by atoms with E-state index < -0.39 is 17.7 Å². The first kappa shape index (κ1) is 29.0. The Morgan fingerprint density at radius 2 is 1.68 bits per heavy atom. The molecule has 0 saturated heterocycles. The second kappa shape index (κ2) is 11.6. The fourth-order valence-corrected chi connectivity index (χ4v) is 5.00. The van der Waals surface area contributed by atoms with Gasteiger partial charge in [-0.3, -0.25) is 19.3 Å². The summed E-state index contributed by atoms with van der Waals surface area (Å²) in [6.45, 7) is 7.85. The van der Waals surface area contributed by atoms with E-state index in [0.717, 1.165) is 45.6 Å². The molecule has 0 aliphatic rings. The standard InChI is InChI=1S/C31H32F3N3O3/c1-18(2)12-27(21-8-11-26(35-16-21)29(38)6-5-7-30(39)40)37-28-14-20(4)25(15-22(28)17-36-37)24-10-9-23(13-19(24)3)31(32,33)34/h8-11,13-18,27H,5-7,12H2,1-4H3,(H,39,40). The van der Waals surface area contributed by atoms with Crippen LogP contribution in [0.3, 0.4) is 0 Å². The number of benzene rings is 2. The summed E-state index contributed by atoms with van der Waals surface area (Å²) in [6.07, 6.45) is 0.138. The Labute approximate surface area is 230 Å². The highest BCUT2D eigenvalue weighted by molar-refractivity contribution is 5.94. The van der Waals surface area contributed by atoms with Crippen molar-refractivity contribution in [1.29, 1.82) is 0 Å². The molecular formula is C31H32F3N3O3. The van der Waals surface area contributed by atoms with Crippen LogP contribution < -0.4 is 0 Å². The van der Waals surface area contributed by atoms with Gasteiger partial charge in [-0.1, -0.05) is 26.0 Å². The van der Waals surface area contributed by atoms with E-state index in [-0.39, 0.29) is 31.1 Å². The number of nitrogens with zero attached hydrogens (tertiary/aromatic N) is 3. The van der Waals surface area contributed by atoms with E-state index in [1.165, 1.54) is 12.1 Å². The maximum Gasteiger partial charge on any atom is 0.416 e. The molecule has 0 fully saturated rings. The van der Waals surface area contributed by atoms with Crippen molar-refractivity contribution >= 4 is 22.7 Å². The van der Waals surface area contributed by atoms with Crippen molar-refractivity contribution in [2.45, 2.75) is 65.6 Å². The first-order chi connectivity index (χ1) is 18.8. The number of halogens is 3. The van der Waals surface area contributed by atoms with Crippen LogP contribution in [0.2, 0.25) is 0 Å². The van der Waals surface area contributed by atoms with Gasteiger partial charge in [0.15, 0.2) is 5.78 Å². The molecule has 0 aliphatic heterocycles. The SMILES string of the molecule is Cc1cc(C(F)(F)F)ccc1-c1cc2cnn(C(CC(C)C)c3ccc(C(=O)CCCC(=O)O)nc3)c2cc1C. The Morgan fingerprint density at radius 3 is 2.27 bits per heavy atom. The molecule has 0 aliphatic carbocycles. The van der Waals surface area contributed by atoms with Gasteiger partial charge in [0.1, 0.15) is 5.69 Å². The first-order valence-electron chi connectivity index (χ1n) is 13.2. The molecule has 40 heavy (non-hydrogen) atoms. The molecule has 210 valence electrons. The van der Waals surface area contributed by atoms with Gasteiger partial charge in [-0.2, -0.15) is 18.3 Å². The summed E-state index contributed by atoms with van der Waals surface area (Å²) in [5, 5.41) is 14.4. The van der Waals surface area contributed by atoms with Crippen LogP contribution >= 0.6 is 0 Å². The third-order valence-electron chi connectivity index (χ3n) is 7.03. The number of aryl methyl sites for hydroxylation is 2. The van der Waals surface area contributed by atoms with Gasteiger partial charge in [0.2, 0.25) is 0 Å². The maximum absolute atomic E-state index is 13.2. The van der Waals surface area contributed by atoms with Crippen molar-refractivity contribution in [2.75, 3.05) is 0 Å². The molecule has 1 N–H and O–H groups in total. The highest BCUT2D eigenvalue weighted by Gasteiger charge is 2.31. The number of carboxylic acids is 1. The number of fused-ring (bicyclic) bond motifs is 1. The normalized spacial score (nSPS) is 12.7. The predicted molar refractivity (Wildman–Crippen MR) is 147 cm³/mol. The largest absolute Gasteiger partial charge is 0.481 e. The van der Waals surface area contributed by atoms with Gasteiger partial charge in [-0.15, -0.1) is 0 Å². The second-order valence-corrected chi connectivity index (χ2v) is 10.6. The topological polar surface area (TPSA) is 85.1 Å². The van der Waals surface area contributed by atoms with Gasteiger partial charge < -0.3 is 5.11 Å². The summed E-state index contributed by atoms with van der Waals surface area (Å²) in [5.41, 5.74) is 4.48. The molecule has 9 heteroatoms. The zero-order valence-electron chi connectivity index (χ0n) is 22.9. The van der Waals surface area contributed by atoms with Crippen LogP contribution in [0.15, 0.2) is 54.9 Å². The zero-order chi connectivity index (χ0) is 29.2. The van der Waals surface area contributed by atoms with Crippen LogP contribution in [0, 0.1) is 19.8 Å². The first-order valence-corrected chi connectivity index (χ1v) is 13.2. The monoisotopic (exact) mass is 551 g/mol. The highest BCUT2D eigenvalue weighted by atomic mass is 19.4. The smallest absolute Gasteiger partial charge is 0.416 e. The van der Waals surface area contributed by atoms with Gasteiger partial charge >= 0.3 is 12.1 Å². The number of carboxylic acid groups (broad SMARTS) is 1. The van der Waals surface area contributed by atoms with Crippen LogP contribution in [0.5, 0.6) is 0 Å². The van der Waals surface area contributed by atoms with E-state index in [2.05, 4.69) is 18.8 Å². The van der Waals surface area contributed by atoms with Gasteiger partial charge in [-0.25, -0.2) is 0 Å². The Kier molecular flexibility index (Phi) is 8.42. The Balaban J connectivity index is 1.67. The molecule has 0 saturated carbocycles. The van der Waals surface area contributed by atoms with Crippen molar-refractivity contribution in [1.82, 2.24) is 14.8 Å². The number of carbonyl (C=O) groups excluding carboxylic acids is 1. The third kappa shape index (κ3) is 6.41. The molecule has 0 bridgehead atoms. The lowest BCUT2D eigenvalue weighted by atomic mass is 9.93. The zero-order valence-corrected chi connectivity index (χ0v) is 22.9. The van der Waals surface area contributed by atoms with E-state index in [4.69, 9.17) is 10.2 Å². The Hall–Kier alpha value is -4.01. The summed E-state index contributed by atoms with van der Waals surface area (Å²) in [4.78, 5) is 27.5. The van der Waals surface area contributed by atoms with Crippen molar-refractivity contribution < 1.29 is 27.9 Å². The molecule has 0 radical (unpaired) electrons. The number of Topliss-reactive ketones (excluding diaryl/α,β-unsaturated/α-hetero) is 1. The number of carbonyl (C=O) groups is 2. The molecule has 1 unspecified atom stereocenters. The average Bonchev–Trinajstić information content (AvgIpc) is 3.28. The van der Waals surface area contributed by atoms with Gasteiger partial charge in [0.05, 0.1) is 23.3 Å². The number of aromatic nitrogens is 3. The summed E-state index contributed by atoms with van der Waals surface area (Å²) < 4.78 is 41.5. The number of hydrogen-bond donors (Lipinski definition) is 1. The molecule has 6 nitrogen and oxygen atoms in total. The fourth-order valence-electron chi connectivity index (χ4n) is 5.00. The minimum Gasteiger partial charge on any atom is -0.481 e. The molecule has 0 amide bonds. The lowest BCUT2D eigenvalue weighted by Crippen LogP contribution is -2.15. The number of hydrogen-bond acceptors (Lipinski definition) is 4. The second-order valence-electron chi connectivity index (χ2n) is 10.6. The summed E-state index contributed by atoms with van der Waals surface area (Å²) in [7, 11) is 0. The molecule has 2 aromatic carbocycles. The lowest BCUT2D eigenvalue weighted by Gasteiger charge is -2.21. The highest BCUT2D eigenvalue weighted by Crippen LogP contribution is 2.37. The van der Waals surface area contributed by atoms with E-state index in [1.807, 2.05) is 29.8 Å². The van der Waals surface area contributed by atoms with E-state index >= 15 is 0 Å². The van der Waals surface area contributed by atoms with Crippen LogP contribution in [0.1, 0.15) is 78.3 Å². The minimum absolute atomic E-state index is 0.0633. The lowest BCUT2D eigenvalue weighted by molar-refractivity contribution is -0.138. The van der Waals surface area contributed by atoms with Crippen molar-refractivity contribution in [3.8, 4) is 11.1 Å². The minimum atomic E-state index is -4.39. The van der Waals surface area contributed by atoms with Crippen molar-refractivity contribution in [2.24, 2.45) is 5.92 Å². The fraction of sp³-hybridized carbons (Fsp3) is 0.355. The van der Waals surface area contributed by atoms with E-state index in [1.54, 1.807) is 25.4 Å². The van der Waals surface area contributed by atoms with Crippen LogP contribution in [0.25, 0.3) is 22.0 Å².